The summed E-state index contributed by atoms with van der Waals surface area (Å²) >= 11 is 0. The summed E-state index contributed by atoms with van der Waals surface area (Å²) in [6.45, 7) is 3.26. The van der Waals surface area contributed by atoms with Crippen molar-refractivity contribution in [2.24, 2.45) is 5.92 Å². The number of aliphatic hydroxyl groups excluding tert-OH is 1. The van der Waals surface area contributed by atoms with Crippen LogP contribution in [0.1, 0.15) is 13.3 Å². The largest absolute Gasteiger partial charge is 0.396 e. The number of hydrogen-bond donors (Lipinski definition) is 2. The highest BCUT2D eigenvalue weighted by molar-refractivity contribution is 5.77. The van der Waals surface area contributed by atoms with Gasteiger partial charge >= 0.3 is 0 Å². The van der Waals surface area contributed by atoms with Crippen LogP contribution in [0.5, 0.6) is 0 Å². The lowest BCUT2D eigenvalue weighted by atomic mass is 10.1. The van der Waals surface area contributed by atoms with Gasteiger partial charge in [-0.05, 0) is 26.4 Å². The topological polar surface area (TPSA) is 52.6 Å². The van der Waals surface area contributed by atoms with Crippen LogP contribution in [0.2, 0.25) is 0 Å². The Morgan fingerprint density at radius 1 is 1.54 bits per heavy atom. The van der Waals surface area contributed by atoms with Gasteiger partial charge in [-0.3, -0.25) is 4.79 Å². The van der Waals surface area contributed by atoms with E-state index in [0.717, 1.165) is 6.42 Å². The summed E-state index contributed by atoms with van der Waals surface area (Å²) < 4.78 is 0. The Balaban J connectivity index is 3.46. The third-order valence-electron chi connectivity index (χ3n) is 1.73. The van der Waals surface area contributed by atoms with Gasteiger partial charge in [-0.15, -0.1) is 0 Å². The fraction of sp³-hybridized carbons (Fsp3) is 0.889. The van der Waals surface area contributed by atoms with Crippen molar-refractivity contribution in [1.29, 1.82) is 0 Å². The predicted octanol–water partition coefficient (Wildman–Crippen LogP) is -0.317. The van der Waals surface area contributed by atoms with Crippen molar-refractivity contribution in [3.63, 3.8) is 0 Å². The fourth-order valence-electron chi connectivity index (χ4n) is 0.954. The molecule has 1 atom stereocenters. The van der Waals surface area contributed by atoms with E-state index in [4.69, 9.17) is 5.11 Å². The zero-order chi connectivity index (χ0) is 10.3. The summed E-state index contributed by atoms with van der Waals surface area (Å²) in [6, 6.07) is 0. The Morgan fingerprint density at radius 2 is 2.15 bits per heavy atom. The highest BCUT2D eigenvalue weighted by Crippen LogP contribution is 1.97. The van der Waals surface area contributed by atoms with E-state index in [2.05, 4.69) is 5.32 Å². The lowest BCUT2D eigenvalue weighted by Crippen LogP contribution is -2.35. The second-order valence-corrected chi connectivity index (χ2v) is 3.66. The van der Waals surface area contributed by atoms with E-state index >= 15 is 0 Å². The predicted molar refractivity (Wildman–Crippen MR) is 52.4 cm³/mol. The summed E-state index contributed by atoms with van der Waals surface area (Å²) in [6.07, 6.45) is 0.738. The molecule has 0 bridgehead atoms. The van der Waals surface area contributed by atoms with Gasteiger partial charge in [-0.1, -0.05) is 6.92 Å². The Kier molecular flexibility index (Phi) is 6.54. The standard InChI is InChI=1S/C9H20N2O2/c1-8(4-5-12)6-10-9(13)7-11(2)3/h8,12H,4-7H2,1-3H3,(H,10,13). The van der Waals surface area contributed by atoms with Crippen LogP contribution in [0.25, 0.3) is 0 Å². The van der Waals surface area contributed by atoms with Crippen LogP contribution in [0.15, 0.2) is 0 Å². The number of carbonyl (C=O) groups is 1. The van der Waals surface area contributed by atoms with Crippen LogP contribution in [0.3, 0.4) is 0 Å². The minimum Gasteiger partial charge on any atom is -0.396 e. The normalized spacial score (nSPS) is 13.0. The monoisotopic (exact) mass is 188 g/mol. The summed E-state index contributed by atoms with van der Waals surface area (Å²) in [5.41, 5.74) is 0. The van der Waals surface area contributed by atoms with E-state index in [9.17, 15) is 4.79 Å². The molecule has 2 N–H and O–H groups in total. The molecule has 0 aromatic carbocycles. The highest BCUT2D eigenvalue weighted by Gasteiger charge is 2.05. The summed E-state index contributed by atoms with van der Waals surface area (Å²) in [5, 5.41) is 11.4. The number of likely N-dealkylation sites (N-methyl/N-ethyl adjacent to an activating group) is 1. The van der Waals surface area contributed by atoms with Crippen LogP contribution in [0.4, 0.5) is 0 Å². The molecule has 13 heavy (non-hydrogen) atoms. The summed E-state index contributed by atoms with van der Waals surface area (Å²) in [5.74, 6) is 0.380. The number of nitrogens with one attached hydrogen (secondary N) is 1. The maximum Gasteiger partial charge on any atom is 0.234 e. The van der Waals surface area contributed by atoms with Gasteiger partial charge in [-0.25, -0.2) is 0 Å². The Labute approximate surface area is 79.9 Å². The second kappa shape index (κ2) is 6.86. The molecule has 0 saturated heterocycles. The third kappa shape index (κ3) is 7.74. The zero-order valence-electron chi connectivity index (χ0n) is 8.71. The number of aliphatic hydroxyl groups is 1. The molecule has 0 rings (SSSR count). The fourth-order valence-corrected chi connectivity index (χ4v) is 0.954. The van der Waals surface area contributed by atoms with E-state index in [0.29, 0.717) is 19.0 Å². The van der Waals surface area contributed by atoms with Crippen molar-refractivity contribution < 1.29 is 9.90 Å². The lowest BCUT2D eigenvalue weighted by Gasteiger charge is -2.13. The summed E-state index contributed by atoms with van der Waals surface area (Å²) in [4.78, 5) is 13.0. The maximum absolute atomic E-state index is 11.1. The first-order valence-corrected chi connectivity index (χ1v) is 4.58. The molecule has 0 aromatic heterocycles. The van der Waals surface area contributed by atoms with Gasteiger partial charge in [0.2, 0.25) is 5.91 Å². The van der Waals surface area contributed by atoms with Crippen LogP contribution in [-0.2, 0) is 4.79 Å². The van der Waals surface area contributed by atoms with E-state index in [-0.39, 0.29) is 12.5 Å². The first kappa shape index (κ1) is 12.4. The van der Waals surface area contributed by atoms with Crippen molar-refractivity contribution in [1.82, 2.24) is 10.2 Å². The first-order chi connectivity index (χ1) is 6.06. The second-order valence-electron chi connectivity index (χ2n) is 3.66. The number of carbonyl (C=O) groups excluding carboxylic acids is 1. The third-order valence-corrected chi connectivity index (χ3v) is 1.73. The molecule has 0 aromatic rings. The number of hydrogen-bond acceptors (Lipinski definition) is 3. The Morgan fingerprint density at radius 3 is 2.62 bits per heavy atom. The van der Waals surface area contributed by atoms with Crippen LogP contribution < -0.4 is 5.32 Å². The lowest BCUT2D eigenvalue weighted by molar-refractivity contribution is -0.121. The van der Waals surface area contributed by atoms with Crippen molar-refractivity contribution in [2.45, 2.75) is 13.3 Å². The smallest absolute Gasteiger partial charge is 0.234 e. The average molecular weight is 188 g/mol. The Hall–Kier alpha value is -0.610. The minimum atomic E-state index is 0.0368. The molecule has 0 radical (unpaired) electrons. The van der Waals surface area contributed by atoms with Gasteiger partial charge in [0.05, 0.1) is 6.54 Å². The van der Waals surface area contributed by atoms with E-state index < -0.39 is 0 Å². The molecule has 4 nitrogen and oxygen atoms in total. The summed E-state index contributed by atoms with van der Waals surface area (Å²) in [7, 11) is 3.72. The van der Waals surface area contributed by atoms with Gasteiger partial charge in [0.25, 0.3) is 0 Å². The molecule has 0 fully saturated rings. The molecule has 78 valence electrons. The van der Waals surface area contributed by atoms with Gasteiger partial charge in [0, 0.05) is 13.2 Å². The first-order valence-electron chi connectivity index (χ1n) is 4.58. The minimum absolute atomic E-state index is 0.0368. The van der Waals surface area contributed by atoms with Gasteiger partial charge < -0.3 is 15.3 Å². The average Bonchev–Trinajstić information content (AvgIpc) is 2.00. The number of amides is 1. The molecule has 1 amide bonds. The van der Waals surface area contributed by atoms with E-state index in [1.165, 1.54) is 0 Å². The van der Waals surface area contributed by atoms with Crippen LogP contribution in [-0.4, -0.2) is 49.7 Å². The molecule has 0 aliphatic rings. The number of rotatable bonds is 6. The quantitative estimate of drug-likeness (QED) is 0.601. The van der Waals surface area contributed by atoms with Crippen LogP contribution >= 0.6 is 0 Å². The van der Waals surface area contributed by atoms with Crippen molar-refractivity contribution in [3.05, 3.63) is 0 Å². The SMILES string of the molecule is CC(CCO)CNC(=O)CN(C)C. The zero-order valence-corrected chi connectivity index (χ0v) is 8.71. The van der Waals surface area contributed by atoms with E-state index in [1.807, 2.05) is 25.9 Å². The molecular formula is C9H20N2O2. The van der Waals surface area contributed by atoms with Crippen molar-refractivity contribution in [3.8, 4) is 0 Å². The molecule has 0 heterocycles. The van der Waals surface area contributed by atoms with E-state index in [1.54, 1.807) is 0 Å². The highest BCUT2D eigenvalue weighted by atomic mass is 16.3. The molecule has 0 saturated carbocycles. The molecular weight excluding hydrogens is 168 g/mol. The molecule has 4 heteroatoms. The molecule has 0 aliphatic carbocycles. The Bertz CT molecular complexity index is 149. The van der Waals surface area contributed by atoms with Crippen molar-refractivity contribution in [2.75, 3.05) is 33.8 Å². The molecule has 0 spiro atoms. The maximum atomic E-state index is 11.1. The van der Waals surface area contributed by atoms with Gasteiger partial charge in [0.15, 0.2) is 0 Å². The van der Waals surface area contributed by atoms with Crippen LogP contribution in [0, 0.1) is 5.92 Å². The van der Waals surface area contributed by atoms with Gasteiger partial charge in [0.1, 0.15) is 0 Å². The molecule has 0 aliphatic heterocycles. The van der Waals surface area contributed by atoms with Gasteiger partial charge in [-0.2, -0.15) is 0 Å². The molecule has 1 unspecified atom stereocenters. The number of nitrogens with zero attached hydrogens (tertiary/aromatic N) is 1. The van der Waals surface area contributed by atoms with Crippen molar-refractivity contribution >= 4 is 5.91 Å².